The molecule has 0 radical (unpaired) electrons. The Hall–Kier alpha value is -0.850. The fraction of sp³-hybridized carbons (Fsp3) is 0.250. The highest BCUT2D eigenvalue weighted by atomic mass is 127. The van der Waals surface area contributed by atoms with E-state index in [9.17, 15) is 10.1 Å². The zero-order chi connectivity index (χ0) is 10.0. The van der Waals surface area contributed by atoms with Crippen molar-refractivity contribution in [2.45, 2.75) is 0 Å². The summed E-state index contributed by atoms with van der Waals surface area (Å²) >= 11 is 2.07. The highest BCUT2D eigenvalue weighted by molar-refractivity contribution is 14.1. The Kier molecular flexibility index (Phi) is 3.07. The van der Waals surface area contributed by atoms with Gasteiger partial charge in [-0.3, -0.25) is 10.1 Å². The molecule has 1 aromatic rings. The monoisotopic (exact) mass is 292 g/mol. The standard InChI is InChI=1S/C8H9IN2O2/c1-10(2)7-3-6(9)4-8(5-7)11(12)13/h3-5H,1-2H3. The number of hydrogen-bond acceptors (Lipinski definition) is 3. The Morgan fingerprint density at radius 1 is 1.38 bits per heavy atom. The Morgan fingerprint density at radius 2 is 2.00 bits per heavy atom. The first kappa shape index (κ1) is 10.2. The second-order valence-corrected chi connectivity index (χ2v) is 4.06. The number of benzene rings is 1. The number of hydrogen-bond donors (Lipinski definition) is 0. The van der Waals surface area contributed by atoms with Gasteiger partial charge in [0.05, 0.1) is 4.92 Å². The minimum atomic E-state index is -0.380. The molecule has 0 amide bonds. The summed E-state index contributed by atoms with van der Waals surface area (Å²) in [5.41, 5.74) is 0.981. The first-order valence-electron chi connectivity index (χ1n) is 3.63. The zero-order valence-electron chi connectivity index (χ0n) is 7.32. The van der Waals surface area contributed by atoms with Gasteiger partial charge in [-0.1, -0.05) is 0 Å². The molecular weight excluding hydrogens is 283 g/mol. The molecule has 0 unspecified atom stereocenters. The second kappa shape index (κ2) is 3.91. The van der Waals surface area contributed by atoms with E-state index in [1.807, 2.05) is 25.1 Å². The van der Waals surface area contributed by atoms with E-state index in [0.717, 1.165) is 9.26 Å². The average Bonchev–Trinajstić information content (AvgIpc) is 2.03. The van der Waals surface area contributed by atoms with Gasteiger partial charge in [-0.05, 0) is 28.7 Å². The minimum Gasteiger partial charge on any atom is -0.377 e. The normalized spacial score (nSPS) is 9.77. The quantitative estimate of drug-likeness (QED) is 0.477. The van der Waals surface area contributed by atoms with Gasteiger partial charge in [-0.25, -0.2) is 0 Å². The minimum absolute atomic E-state index is 0.135. The summed E-state index contributed by atoms with van der Waals surface area (Å²) in [7, 11) is 3.71. The summed E-state index contributed by atoms with van der Waals surface area (Å²) in [5, 5.41) is 10.5. The molecule has 0 aromatic heterocycles. The van der Waals surface area contributed by atoms with Crippen molar-refractivity contribution in [1.82, 2.24) is 0 Å². The third-order valence-corrected chi connectivity index (χ3v) is 2.22. The molecule has 0 spiro atoms. The maximum Gasteiger partial charge on any atom is 0.272 e. The van der Waals surface area contributed by atoms with Gasteiger partial charge in [-0.2, -0.15) is 0 Å². The lowest BCUT2D eigenvalue weighted by Crippen LogP contribution is -2.09. The number of halogens is 1. The lowest BCUT2D eigenvalue weighted by atomic mass is 10.3. The van der Waals surface area contributed by atoms with Crippen molar-refractivity contribution >= 4 is 34.0 Å². The van der Waals surface area contributed by atoms with Crippen LogP contribution in [0.2, 0.25) is 0 Å². The maximum atomic E-state index is 10.5. The molecule has 0 aliphatic rings. The molecule has 0 saturated carbocycles. The van der Waals surface area contributed by atoms with E-state index in [0.29, 0.717) is 0 Å². The molecule has 0 aliphatic carbocycles. The predicted octanol–water partition coefficient (Wildman–Crippen LogP) is 2.27. The largest absolute Gasteiger partial charge is 0.377 e. The number of rotatable bonds is 2. The van der Waals surface area contributed by atoms with E-state index in [1.165, 1.54) is 0 Å². The van der Waals surface area contributed by atoms with E-state index >= 15 is 0 Å². The summed E-state index contributed by atoms with van der Waals surface area (Å²) in [6.07, 6.45) is 0. The summed E-state index contributed by atoms with van der Waals surface area (Å²) in [5.74, 6) is 0. The van der Waals surface area contributed by atoms with Crippen LogP contribution in [0, 0.1) is 13.7 Å². The van der Waals surface area contributed by atoms with Crippen LogP contribution >= 0.6 is 22.6 Å². The lowest BCUT2D eigenvalue weighted by molar-refractivity contribution is -0.384. The van der Waals surface area contributed by atoms with Gasteiger partial charge in [0, 0.05) is 35.5 Å². The summed E-state index contributed by atoms with van der Waals surface area (Å²) < 4.78 is 0.871. The highest BCUT2D eigenvalue weighted by Crippen LogP contribution is 2.23. The molecule has 4 nitrogen and oxygen atoms in total. The third-order valence-electron chi connectivity index (χ3n) is 1.59. The van der Waals surface area contributed by atoms with Crippen LogP contribution in [0.5, 0.6) is 0 Å². The fourth-order valence-electron chi connectivity index (χ4n) is 0.923. The SMILES string of the molecule is CN(C)c1cc(I)cc([N+](=O)[O-])c1. The predicted molar refractivity (Wildman–Crippen MR) is 60.1 cm³/mol. The van der Waals surface area contributed by atoms with Crippen LogP contribution in [0.4, 0.5) is 11.4 Å². The molecule has 1 rings (SSSR count). The highest BCUT2D eigenvalue weighted by Gasteiger charge is 2.08. The van der Waals surface area contributed by atoms with Gasteiger partial charge in [0.2, 0.25) is 0 Å². The van der Waals surface area contributed by atoms with Crippen LogP contribution in [-0.4, -0.2) is 19.0 Å². The number of nitrogens with zero attached hydrogens (tertiary/aromatic N) is 2. The van der Waals surface area contributed by atoms with Crippen LogP contribution in [0.25, 0.3) is 0 Å². The Balaban J connectivity index is 3.19. The number of anilines is 1. The number of nitro benzene ring substituents is 1. The summed E-state index contributed by atoms with van der Waals surface area (Å²) in [6, 6.07) is 5.00. The topological polar surface area (TPSA) is 46.4 Å². The molecule has 13 heavy (non-hydrogen) atoms. The molecule has 0 fully saturated rings. The van der Waals surface area contributed by atoms with E-state index in [1.54, 1.807) is 12.1 Å². The van der Waals surface area contributed by atoms with Gasteiger partial charge in [-0.15, -0.1) is 0 Å². The van der Waals surface area contributed by atoms with Gasteiger partial charge >= 0.3 is 0 Å². The summed E-state index contributed by atoms with van der Waals surface area (Å²) in [4.78, 5) is 12.0. The van der Waals surface area contributed by atoms with Crippen LogP contribution in [0.1, 0.15) is 0 Å². The van der Waals surface area contributed by atoms with Crippen LogP contribution in [0.3, 0.4) is 0 Å². The van der Waals surface area contributed by atoms with Crippen molar-refractivity contribution in [3.05, 3.63) is 31.9 Å². The molecular formula is C8H9IN2O2. The average molecular weight is 292 g/mol. The molecule has 0 bridgehead atoms. The van der Waals surface area contributed by atoms with Crippen molar-refractivity contribution in [3.8, 4) is 0 Å². The van der Waals surface area contributed by atoms with Crippen LogP contribution < -0.4 is 4.90 Å². The molecule has 0 N–H and O–H groups in total. The smallest absolute Gasteiger partial charge is 0.272 e. The molecule has 1 aromatic carbocycles. The molecule has 0 saturated heterocycles. The van der Waals surface area contributed by atoms with Crippen molar-refractivity contribution in [2.24, 2.45) is 0 Å². The Labute approximate surface area is 89.8 Å². The van der Waals surface area contributed by atoms with Gasteiger partial charge < -0.3 is 4.90 Å². The van der Waals surface area contributed by atoms with Gasteiger partial charge in [0.1, 0.15) is 0 Å². The molecule has 0 aliphatic heterocycles. The Bertz CT molecular complexity index is 339. The summed E-state index contributed by atoms with van der Waals surface area (Å²) in [6.45, 7) is 0. The van der Waals surface area contributed by atoms with Crippen molar-refractivity contribution in [1.29, 1.82) is 0 Å². The van der Waals surface area contributed by atoms with Crippen LogP contribution in [-0.2, 0) is 0 Å². The van der Waals surface area contributed by atoms with Crippen molar-refractivity contribution in [2.75, 3.05) is 19.0 Å². The first-order valence-corrected chi connectivity index (χ1v) is 4.71. The van der Waals surface area contributed by atoms with E-state index in [4.69, 9.17) is 0 Å². The molecule has 0 atom stereocenters. The Morgan fingerprint density at radius 3 is 2.46 bits per heavy atom. The van der Waals surface area contributed by atoms with Crippen molar-refractivity contribution < 1.29 is 4.92 Å². The maximum absolute atomic E-state index is 10.5. The van der Waals surface area contributed by atoms with E-state index < -0.39 is 0 Å². The fourth-order valence-corrected chi connectivity index (χ4v) is 1.56. The second-order valence-electron chi connectivity index (χ2n) is 2.82. The molecule has 70 valence electrons. The van der Waals surface area contributed by atoms with Crippen molar-refractivity contribution in [3.63, 3.8) is 0 Å². The van der Waals surface area contributed by atoms with Crippen LogP contribution in [0.15, 0.2) is 18.2 Å². The molecule has 0 heterocycles. The number of nitro groups is 1. The van der Waals surface area contributed by atoms with Gasteiger partial charge in [0.25, 0.3) is 5.69 Å². The first-order chi connectivity index (χ1) is 6.00. The molecule has 5 heteroatoms. The number of non-ortho nitro benzene ring substituents is 1. The van der Waals surface area contributed by atoms with Gasteiger partial charge in [0.15, 0.2) is 0 Å². The van der Waals surface area contributed by atoms with E-state index in [-0.39, 0.29) is 10.6 Å². The zero-order valence-corrected chi connectivity index (χ0v) is 9.48. The van der Waals surface area contributed by atoms with E-state index in [2.05, 4.69) is 22.6 Å². The lowest BCUT2D eigenvalue weighted by Gasteiger charge is -2.11. The third kappa shape index (κ3) is 2.55.